The maximum absolute atomic E-state index is 11.5. The lowest BCUT2D eigenvalue weighted by atomic mass is 10.2. The fraction of sp³-hybridized carbons (Fsp3) is 0.400. The molecule has 0 radical (unpaired) electrons. The zero-order valence-electron chi connectivity index (χ0n) is 12.0. The van der Waals surface area contributed by atoms with Gasteiger partial charge < -0.3 is 9.15 Å². The van der Waals surface area contributed by atoms with Crippen molar-refractivity contribution < 1.29 is 13.9 Å². The van der Waals surface area contributed by atoms with Crippen LogP contribution in [-0.4, -0.2) is 58.1 Å². The number of carbonyl (C=O) groups excluding carboxylic acids is 1. The number of carbonyl (C=O) groups is 1. The van der Waals surface area contributed by atoms with Gasteiger partial charge in [0.15, 0.2) is 11.6 Å². The summed E-state index contributed by atoms with van der Waals surface area (Å²) in [4.78, 5) is 24.3. The SMILES string of the molecule is O=C1OC[C@@H]2CN(Cc3cnc(-c4ccco4)nc3)CCN12. The maximum atomic E-state index is 11.5. The Hall–Kier alpha value is -2.41. The van der Waals surface area contributed by atoms with E-state index < -0.39 is 0 Å². The average Bonchev–Trinajstić information content (AvgIpc) is 3.19. The molecule has 2 aliphatic heterocycles. The zero-order chi connectivity index (χ0) is 14.9. The number of hydrogen-bond donors (Lipinski definition) is 0. The quantitative estimate of drug-likeness (QED) is 0.852. The monoisotopic (exact) mass is 300 g/mol. The Labute approximate surface area is 127 Å². The van der Waals surface area contributed by atoms with Gasteiger partial charge in [-0.05, 0) is 12.1 Å². The highest BCUT2D eigenvalue weighted by Gasteiger charge is 2.37. The van der Waals surface area contributed by atoms with E-state index in [9.17, 15) is 4.79 Å². The van der Waals surface area contributed by atoms with Crippen LogP contribution in [0.5, 0.6) is 0 Å². The smallest absolute Gasteiger partial charge is 0.410 e. The molecule has 2 saturated heterocycles. The number of aromatic nitrogens is 2. The van der Waals surface area contributed by atoms with Crippen molar-refractivity contribution >= 4 is 6.09 Å². The third-order valence-electron chi connectivity index (χ3n) is 4.05. The maximum Gasteiger partial charge on any atom is 0.410 e. The van der Waals surface area contributed by atoms with Gasteiger partial charge in [0.05, 0.1) is 12.3 Å². The molecule has 0 N–H and O–H groups in total. The number of furan rings is 1. The topological polar surface area (TPSA) is 71.7 Å². The standard InChI is InChI=1S/C15H16N4O3/c20-15-19-4-3-18(9-12(19)10-22-15)8-11-6-16-14(17-7-11)13-2-1-5-21-13/h1-2,5-7,12H,3-4,8-10H2/t12-/m0/s1. The number of hydrogen-bond acceptors (Lipinski definition) is 6. The highest BCUT2D eigenvalue weighted by atomic mass is 16.6. The molecule has 0 saturated carbocycles. The van der Waals surface area contributed by atoms with E-state index in [-0.39, 0.29) is 12.1 Å². The van der Waals surface area contributed by atoms with Gasteiger partial charge in [-0.25, -0.2) is 14.8 Å². The molecule has 0 unspecified atom stereocenters. The molecule has 22 heavy (non-hydrogen) atoms. The van der Waals surface area contributed by atoms with Crippen molar-refractivity contribution in [3.8, 4) is 11.6 Å². The highest BCUT2D eigenvalue weighted by molar-refractivity contribution is 5.70. The summed E-state index contributed by atoms with van der Waals surface area (Å²) in [6, 6.07) is 3.83. The second-order valence-corrected chi connectivity index (χ2v) is 5.55. The van der Waals surface area contributed by atoms with Gasteiger partial charge in [0.2, 0.25) is 0 Å². The molecule has 7 heteroatoms. The van der Waals surface area contributed by atoms with Gasteiger partial charge in [0.25, 0.3) is 0 Å². The summed E-state index contributed by atoms with van der Waals surface area (Å²) in [5.41, 5.74) is 1.05. The van der Waals surface area contributed by atoms with Crippen LogP contribution in [0.2, 0.25) is 0 Å². The fourth-order valence-corrected chi connectivity index (χ4v) is 2.92. The van der Waals surface area contributed by atoms with E-state index in [4.69, 9.17) is 9.15 Å². The number of fused-ring (bicyclic) bond motifs is 1. The first kappa shape index (κ1) is 13.3. The van der Waals surface area contributed by atoms with Gasteiger partial charge in [-0.15, -0.1) is 0 Å². The zero-order valence-corrected chi connectivity index (χ0v) is 12.0. The van der Waals surface area contributed by atoms with E-state index in [0.29, 0.717) is 18.2 Å². The fourth-order valence-electron chi connectivity index (χ4n) is 2.92. The molecule has 4 rings (SSSR count). The van der Waals surface area contributed by atoms with Crippen LogP contribution in [0.3, 0.4) is 0 Å². The molecule has 0 bridgehead atoms. The van der Waals surface area contributed by atoms with Crippen molar-refractivity contribution in [2.24, 2.45) is 0 Å². The average molecular weight is 300 g/mol. The number of piperazine rings is 1. The highest BCUT2D eigenvalue weighted by Crippen LogP contribution is 2.19. The Morgan fingerprint density at radius 2 is 2.14 bits per heavy atom. The van der Waals surface area contributed by atoms with Gasteiger partial charge in [0, 0.05) is 44.1 Å². The van der Waals surface area contributed by atoms with Crippen LogP contribution in [0.15, 0.2) is 35.2 Å². The molecule has 2 aromatic heterocycles. The van der Waals surface area contributed by atoms with Gasteiger partial charge in [-0.2, -0.15) is 0 Å². The number of cyclic esters (lactones) is 1. The molecule has 114 valence electrons. The lowest BCUT2D eigenvalue weighted by Gasteiger charge is -2.35. The van der Waals surface area contributed by atoms with E-state index in [2.05, 4.69) is 14.9 Å². The summed E-state index contributed by atoms with van der Waals surface area (Å²) in [5.74, 6) is 1.26. The molecule has 2 fully saturated rings. The van der Waals surface area contributed by atoms with Crippen molar-refractivity contribution in [2.75, 3.05) is 26.2 Å². The summed E-state index contributed by atoms with van der Waals surface area (Å²) in [6.45, 7) is 3.65. The summed E-state index contributed by atoms with van der Waals surface area (Å²) in [5, 5.41) is 0. The van der Waals surface area contributed by atoms with Crippen LogP contribution in [-0.2, 0) is 11.3 Å². The molecule has 2 aromatic rings. The summed E-state index contributed by atoms with van der Waals surface area (Å²) < 4.78 is 10.4. The van der Waals surface area contributed by atoms with Crippen LogP contribution >= 0.6 is 0 Å². The minimum atomic E-state index is -0.184. The van der Waals surface area contributed by atoms with E-state index in [1.807, 2.05) is 29.4 Å². The predicted octanol–water partition coefficient (Wildman–Crippen LogP) is 1.37. The molecule has 0 spiro atoms. The lowest BCUT2D eigenvalue weighted by Crippen LogP contribution is -2.51. The molecule has 0 aromatic carbocycles. The second-order valence-electron chi connectivity index (χ2n) is 5.55. The van der Waals surface area contributed by atoms with Crippen LogP contribution in [0.25, 0.3) is 11.6 Å². The Bertz CT molecular complexity index is 656. The second kappa shape index (κ2) is 5.42. The number of amides is 1. The third kappa shape index (κ3) is 2.43. The first-order valence-corrected chi connectivity index (χ1v) is 7.30. The minimum absolute atomic E-state index is 0.171. The Morgan fingerprint density at radius 1 is 1.27 bits per heavy atom. The van der Waals surface area contributed by atoms with Crippen LogP contribution in [0.4, 0.5) is 4.79 Å². The van der Waals surface area contributed by atoms with Crippen molar-refractivity contribution in [1.29, 1.82) is 0 Å². The molecular weight excluding hydrogens is 284 g/mol. The molecule has 0 aliphatic carbocycles. The van der Waals surface area contributed by atoms with Gasteiger partial charge in [-0.3, -0.25) is 9.80 Å². The van der Waals surface area contributed by atoms with E-state index in [1.165, 1.54) is 0 Å². The van der Waals surface area contributed by atoms with E-state index in [0.717, 1.165) is 31.7 Å². The van der Waals surface area contributed by atoms with Gasteiger partial charge >= 0.3 is 6.09 Å². The molecule has 2 aliphatic rings. The first-order chi connectivity index (χ1) is 10.8. The van der Waals surface area contributed by atoms with Crippen LogP contribution in [0.1, 0.15) is 5.56 Å². The van der Waals surface area contributed by atoms with E-state index in [1.54, 1.807) is 6.26 Å². The lowest BCUT2D eigenvalue weighted by molar-refractivity contribution is 0.115. The van der Waals surface area contributed by atoms with Gasteiger partial charge in [-0.1, -0.05) is 0 Å². The Morgan fingerprint density at radius 3 is 2.91 bits per heavy atom. The molecule has 4 heterocycles. The van der Waals surface area contributed by atoms with Crippen molar-refractivity contribution in [1.82, 2.24) is 19.8 Å². The number of nitrogens with zero attached hydrogens (tertiary/aromatic N) is 4. The Kier molecular flexibility index (Phi) is 3.27. The van der Waals surface area contributed by atoms with Crippen molar-refractivity contribution in [2.45, 2.75) is 12.6 Å². The first-order valence-electron chi connectivity index (χ1n) is 7.30. The predicted molar refractivity (Wildman–Crippen MR) is 76.9 cm³/mol. The Balaban J connectivity index is 1.40. The summed E-state index contributed by atoms with van der Waals surface area (Å²) in [6.07, 6.45) is 5.08. The minimum Gasteiger partial charge on any atom is -0.461 e. The molecule has 1 atom stereocenters. The number of rotatable bonds is 3. The molecule has 7 nitrogen and oxygen atoms in total. The van der Waals surface area contributed by atoms with Crippen LogP contribution < -0.4 is 0 Å². The van der Waals surface area contributed by atoms with Crippen molar-refractivity contribution in [3.05, 3.63) is 36.4 Å². The van der Waals surface area contributed by atoms with Crippen LogP contribution in [0, 0.1) is 0 Å². The largest absolute Gasteiger partial charge is 0.461 e. The summed E-state index contributed by atoms with van der Waals surface area (Å²) in [7, 11) is 0. The number of ether oxygens (including phenoxy) is 1. The van der Waals surface area contributed by atoms with Crippen molar-refractivity contribution in [3.63, 3.8) is 0 Å². The molecular formula is C15H16N4O3. The normalized spacial score (nSPS) is 21.7. The van der Waals surface area contributed by atoms with Gasteiger partial charge in [0.1, 0.15) is 6.61 Å². The molecule has 1 amide bonds. The third-order valence-corrected chi connectivity index (χ3v) is 4.05. The summed E-state index contributed by atoms with van der Waals surface area (Å²) >= 11 is 0. The van der Waals surface area contributed by atoms with E-state index >= 15 is 0 Å².